The lowest BCUT2D eigenvalue weighted by atomic mass is 10.2. The Morgan fingerprint density at radius 3 is 1.97 bits per heavy atom. The van der Waals surface area contributed by atoms with E-state index in [0.29, 0.717) is 18.8 Å². The molecule has 1 amide bonds. The van der Waals surface area contributed by atoms with Crippen LogP contribution in [0.25, 0.3) is 0 Å². The van der Waals surface area contributed by atoms with Crippen LogP contribution in [0.15, 0.2) is 58.3 Å². The van der Waals surface area contributed by atoms with E-state index in [9.17, 15) is 21.6 Å². The summed E-state index contributed by atoms with van der Waals surface area (Å²) < 4.78 is 54.6. The SMILES string of the molecule is CCCCCCNS(=O)(=O)c1ccc(NC(=O)c2cccc(S(=O)(=O)NCCCC)c2)cc1. The molecule has 2 aromatic rings. The Balaban J connectivity index is 2.02. The zero-order chi connectivity index (χ0) is 24.3. The number of carbonyl (C=O) groups excluding carboxylic acids is 1. The monoisotopic (exact) mass is 495 g/mol. The smallest absolute Gasteiger partial charge is 0.255 e. The summed E-state index contributed by atoms with van der Waals surface area (Å²) in [5, 5.41) is 2.66. The van der Waals surface area contributed by atoms with Gasteiger partial charge in [-0.1, -0.05) is 45.6 Å². The Morgan fingerprint density at radius 2 is 1.33 bits per heavy atom. The second kappa shape index (κ2) is 12.8. The van der Waals surface area contributed by atoms with Gasteiger partial charge in [0, 0.05) is 24.3 Å². The third-order valence-corrected chi connectivity index (χ3v) is 7.91. The van der Waals surface area contributed by atoms with Crippen molar-refractivity contribution in [2.24, 2.45) is 0 Å². The normalized spacial score (nSPS) is 11.9. The zero-order valence-electron chi connectivity index (χ0n) is 19.1. The minimum absolute atomic E-state index is 0.0118. The summed E-state index contributed by atoms with van der Waals surface area (Å²) in [6.07, 6.45) is 5.49. The number of nitrogens with one attached hydrogen (secondary N) is 3. The Hall–Kier alpha value is -2.27. The fraction of sp³-hybridized carbons (Fsp3) is 0.435. The average molecular weight is 496 g/mol. The molecule has 0 bridgehead atoms. The standard InChI is InChI=1S/C23H33N3O5S2/c1-3-5-7-8-17-25-32(28,29)21-14-12-20(13-15-21)26-23(27)19-10-9-11-22(18-19)33(30,31)24-16-6-4-2/h9-15,18,24-25H,3-8,16-17H2,1-2H3,(H,26,27). The topological polar surface area (TPSA) is 121 Å². The molecule has 3 N–H and O–H groups in total. The number of sulfonamides is 2. The molecular weight excluding hydrogens is 462 g/mol. The summed E-state index contributed by atoms with van der Waals surface area (Å²) in [6, 6.07) is 11.6. The van der Waals surface area contributed by atoms with Crippen molar-refractivity contribution < 1.29 is 21.6 Å². The quantitative estimate of drug-likeness (QED) is 0.344. The maximum atomic E-state index is 12.6. The molecule has 0 aliphatic rings. The number of benzene rings is 2. The van der Waals surface area contributed by atoms with E-state index in [1.807, 2.05) is 6.92 Å². The van der Waals surface area contributed by atoms with Crippen LogP contribution in [0, 0.1) is 0 Å². The number of hydrogen-bond donors (Lipinski definition) is 3. The number of hydrogen-bond acceptors (Lipinski definition) is 5. The summed E-state index contributed by atoms with van der Waals surface area (Å²) >= 11 is 0. The number of amides is 1. The van der Waals surface area contributed by atoms with Gasteiger partial charge in [-0.3, -0.25) is 4.79 Å². The highest BCUT2D eigenvalue weighted by Crippen LogP contribution is 2.17. The molecule has 0 aromatic heterocycles. The lowest BCUT2D eigenvalue weighted by Crippen LogP contribution is -2.25. The largest absolute Gasteiger partial charge is 0.322 e. The minimum Gasteiger partial charge on any atom is -0.322 e. The van der Waals surface area contributed by atoms with E-state index < -0.39 is 26.0 Å². The van der Waals surface area contributed by atoms with E-state index >= 15 is 0 Å². The first-order valence-corrected chi connectivity index (χ1v) is 14.2. The highest BCUT2D eigenvalue weighted by Gasteiger charge is 2.17. The highest BCUT2D eigenvalue weighted by molar-refractivity contribution is 7.89. The van der Waals surface area contributed by atoms with Crippen LogP contribution in [-0.4, -0.2) is 35.8 Å². The van der Waals surface area contributed by atoms with Crippen LogP contribution in [0.3, 0.4) is 0 Å². The summed E-state index contributed by atoms with van der Waals surface area (Å²) in [7, 11) is -7.31. The van der Waals surface area contributed by atoms with Gasteiger partial charge in [-0.25, -0.2) is 26.3 Å². The third-order valence-electron chi connectivity index (χ3n) is 4.97. The summed E-state index contributed by atoms with van der Waals surface area (Å²) in [4.78, 5) is 12.7. The molecule has 182 valence electrons. The number of anilines is 1. The number of unbranched alkanes of at least 4 members (excludes halogenated alkanes) is 4. The van der Waals surface area contributed by atoms with Crippen LogP contribution < -0.4 is 14.8 Å². The fourth-order valence-corrected chi connectivity index (χ4v) is 5.23. The second-order valence-electron chi connectivity index (χ2n) is 7.72. The first kappa shape index (κ1) is 27.0. The van der Waals surface area contributed by atoms with Crippen molar-refractivity contribution in [2.75, 3.05) is 18.4 Å². The Labute approximate surface area is 197 Å². The van der Waals surface area contributed by atoms with Crippen molar-refractivity contribution in [3.63, 3.8) is 0 Å². The number of rotatable bonds is 14. The van der Waals surface area contributed by atoms with Gasteiger partial charge in [-0.2, -0.15) is 0 Å². The minimum atomic E-state index is -3.70. The van der Waals surface area contributed by atoms with Crippen molar-refractivity contribution in [2.45, 2.75) is 62.2 Å². The van der Waals surface area contributed by atoms with Gasteiger partial charge in [0.1, 0.15) is 0 Å². The van der Waals surface area contributed by atoms with Gasteiger partial charge in [0.2, 0.25) is 20.0 Å². The van der Waals surface area contributed by atoms with E-state index in [0.717, 1.165) is 38.5 Å². The van der Waals surface area contributed by atoms with Crippen molar-refractivity contribution in [1.82, 2.24) is 9.44 Å². The molecule has 2 aromatic carbocycles. The molecule has 0 saturated heterocycles. The van der Waals surface area contributed by atoms with Crippen molar-refractivity contribution >= 4 is 31.6 Å². The molecule has 0 unspecified atom stereocenters. The molecular formula is C23H33N3O5S2. The maximum absolute atomic E-state index is 12.6. The predicted molar refractivity (Wildman–Crippen MR) is 130 cm³/mol. The summed E-state index contributed by atoms with van der Waals surface area (Å²) in [5.41, 5.74) is 0.579. The lowest BCUT2D eigenvalue weighted by Gasteiger charge is -2.10. The van der Waals surface area contributed by atoms with Gasteiger partial charge in [0.05, 0.1) is 9.79 Å². The first-order chi connectivity index (χ1) is 15.7. The molecule has 0 aliphatic carbocycles. The van der Waals surface area contributed by atoms with Gasteiger partial charge in [-0.15, -0.1) is 0 Å². The Morgan fingerprint density at radius 1 is 0.727 bits per heavy atom. The van der Waals surface area contributed by atoms with Crippen LogP contribution in [0.2, 0.25) is 0 Å². The molecule has 0 aliphatic heterocycles. The fourth-order valence-electron chi connectivity index (χ4n) is 3.03. The molecule has 0 heterocycles. The maximum Gasteiger partial charge on any atom is 0.255 e. The molecule has 0 spiro atoms. The Kier molecular flexibility index (Phi) is 10.5. The highest BCUT2D eigenvalue weighted by atomic mass is 32.2. The first-order valence-electron chi connectivity index (χ1n) is 11.2. The molecule has 0 fully saturated rings. The van der Waals surface area contributed by atoms with E-state index in [2.05, 4.69) is 21.7 Å². The molecule has 8 nitrogen and oxygen atoms in total. The van der Waals surface area contributed by atoms with Gasteiger partial charge >= 0.3 is 0 Å². The third kappa shape index (κ3) is 8.54. The van der Waals surface area contributed by atoms with Gasteiger partial charge in [0.25, 0.3) is 5.91 Å². The van der Waals surface area contributed by atoms with Crippen molar-refractivity contribution in [1.29, 1.82) is 0 Å². The molecule has 2 rings (SSSR count). The van der Waals surface area contributed by atoms with Crippen LogP contribution in [0.5, 0.6) is 0 Å². The average Bonchev–Trinajstić information content (AvgIpc) is 2.79. The van der Waals surface area contributed by atoms with Gasteiger partial charge < -0.3 is 5.32 Å². The van der Waals surface area contributed by atoms with Crippen molar-refractivity contribution in [3.05, 3.63) is 54.1 Å². The van der Waals surface area contributed by atoms with E-state index in [-0.39, 0.29) is 15.4 Å². The molecule has 0 saturated carbocycles. The number of carbonyl (C=O) groups is 1. The van der Waals surface area contributed by atoms with Gasteiger partial charge in [0.15, 0.2) is 0 Å². The lowest BCUT2D eigenvalue weighted by molar-refractivity contribution is 0.102. The Bertz CT molecular complexity index is 1120. The summed E-state index contributed by atoms with van der Waals surface area (Å²) in [5.74, 6) is -0.495. The van der Waals surface area contributed by atoms with Crippen LogP contribution in [-0.2, 0) is 20.0 Å². The van der Waals surface area contributed by atoms with Crippen LogP contribution in [0.1, 0.15) is 62.7 Å². The van der Waals surface area contributed by atoms with Crippen LogP contribution in [0.4, 0.5) is 5.69 Å². The second-order valence-corrected chi connectivity index (χ2v) is 11.3. The molecule has 33 heavy (non-hydrogen) atoms. The van der Waals surface area contributed by atoms with Crippen molar-refractivity contribution in [3.8, 4) is 0 Å². The van der Waals surface area contributed by atoms with E-state index in [4.69, 9.17) is 0 Å². The van der Waals surface area contributed by atoms with Gasteiger partial charge in [-0.05, 0) is 55.3 Å². The molecule has 0 radical (unpaired) electrons. The predicted octanol–water partition coefficient (Wildman–Crippen LogP) is 3.88. The zero-order valence-corrected chi connectivity index (χ0v) is 20.8. The van der Waals surface area contributed by atoms with E-state index in [1.165, 1.54) is 48.5 Å². The van der Waals surface area contributed by atoms with E-state index in [1.54, 1.807) is 0 Å². The summed E-state index contributed by atoms with van der Waals surface area (Å²) in [6.45, 7) is 4.77. The van der Waals surface area contributed by atoms with Crippen LogP contribution >= 0.6 is 0 Å². The molecule has 0 atom stereocenters. The molecule has 10 heteroatoms.